The van der Waals surface area contributed by atoms with Gasteiger partial charge in [-0.25, -0.2) is 4.39 Å². The molecule has 0 spiro atoms. The van der Waals surface area contributed by atoms with Crippen LogP contribution in [-0.4, -0.2) is 12.5 Å². The molecule has 0 aliphatic rings. The molecule has 0 radical (unpaired) electrons. The normalized spacial score (nSPS) is 10.3. The Morgan fingerprint density at radius 1 is 1.14 bits per heavy atom. The Labute approximate surface area is 123 Å². The Kier molecular flexibility index (Phi) is 4.58. The van der Waals surface area contributed by atoms with Gasteiger partial charge >= 0.3 is 0 Å². The molecule has 0 aliphatic heterocycles. The highest BCUT2D eigenvalue weighted by atomic mass is 19.1. The van der Waals surface area contributed by atoms with Crippen LogP contribution in [0.5, 0.6) is 5.75 Å². The van der Waals surface area contributed by atoms with Gasteiger partial charge in [0, 0.05) is 5.69 Å². The number of benzene rings is 2. The molecule has 110 valence electrons. The topological polar surface area (TPSA) is 38.3 Å². The fourth-order valence-electron chi connectivity index (χ4n) is 2.02. The average molecular weight is 287 g/mol. The molecule has 2 rings (SSSR count). The monoisotopic (exact) mass is 287 g/mol. The van der Waals surface area contributed by atoms with Crippen molar-refractivity contribution >= 4 is 11.6 Å². The summed E-state index contributed by atoms with van der Waals surface area (Å²) in [4.78, 5) is 11.8. The number of nitrogens with one attached hydrogen (secondary N) is 1. The first kappa shape index (κ1) is 15.0. The van der Waals surface area contributed by atoms with Crippen LogP contribution in [0.1, 0.15) is 16.7 Å². The third kappa shape index (κ3) is 4.05. The van der Waals surface area contributed by atoms with Crippen molar-refractivity contribution in [2.45, 2.75) is 20.8 Å². The van der Waals surface area contributed by atoms with Gasteiger partial charge in [0.1, 0.15) is 11.6 Å². The van der Waals surface area contributed by atoms with E-state index in [0.717, 1.165) is 16.7 Å². The molecule has 4 heteroatoms. The second kappa shape index (κ2) is 6.39. The maximum atomic E-state index is 12.8. The highest BCUT2D eigenvalue weighted by molar-refractivity contribution is 5.91. The predicted molar refractivity (Wildman–Crippen MR) is 81.2 cm³/mol. The van der Waals surface area contributed by atoms with Gasteiger partial charge < -0.3 is 10.1 Å². The van der Waals surface area contributed by atoms with Crippen LogP contribution in [0.2, 0.25) is 0 Å². The van der Waals surface area contributed by atoms with Crippen LogP contribution in [0.25, 0.3) is 0 Å². The molecular formula is C17H18FNO2. The molecule has 0 saturated carbocycles. The van der Waals surface area contributed by atoms with Crippen LogP contribution in [0.3, 0.4) is 0 Å². The van der Waals surface area contributed by atoms with Gasteiger partial charge in [-0.2, -0.15) is 0 Å². The van der Waals surface area contributed by atoms with E-state index in [1.165, 1.54) is 24.3 Å². The molecule has 0 aliphatic carbocycles. The minimum absolute atomic E-state index is 0.0822. The first-order valence-corrected chi connectivity index (χ1v) is 6.72. The Hall–Kier alpha value is -2.36. The molecule has 3 nitrogen and oxygen atoms in total. The molecule has 0 unspecified atom stereocenters. The Bertz CT molecular complexity index is 651. The number of hydrogen-bond donors (Lipinski definition) is 1. The number of carbonyl (C=O) groups is 1. The van der Waals surface area contributed by atoms with Crippen LogP contribution in [0, 0.1) is 26.6 Å². The van der Waals surface area contributed by atoms with Crippen molar-refractivity contribution in [3.05, 3.63) is 58.9 Å². The zero-order chi connectivity index (χ0) is 15.4. The van der Waals surface area contributed by atoms with E-state index < -0.39 is 0 Å². The average Bonchev–Trinajstić information content (AvgIpc) is 2.44. The smallest absolute Gasteiger partial charge is 0.262 e. The molecule has 21 heavy (non-hydrogen) atoms. The van der Waals surface area contributed by atoms with Crippen molar-refractivity contribution in [2.24, 2.45) is 0 Å². The zero-order valence-corrected chi connectivity index (χ0v) is 12.4. The van der Waals surface area contributed by atoms with Gasteiger partial charge in [0.25, 0.3) is 5.91 Å². The van der Waals surface area contributed by atoms with Crippen LogP contribution < -0.4 is 10.1 Å². The van der Waals surface area contributed by atoms with Crippen molar-refractivity contribution in [3.8, 4) is 5.75 Å². The summed E-state index contributed by atoms with van der Waals surface area (Å²) in [5.74, 6) is 0.0945. The highest BCUT2D eigenvalue weighted by Crippen LogP contribution is 2.23. The second-order valence-electron chi connectivity index (χ2n) is 5.05. The van der Waals surface area contributed by atoms with E-state index in [0.29, 0.717) is 11.4 Å². The molecule has 2 aromatic carbocycles. The highest BCUT2D eigenvalue weighted by Gasteiger charge is 2.08. The fraction of sp³-hybridized carbons (Fsp3) is 0.235. The maximum absolute atomic E-state index is 12.8. The van der Waals surface area contributed by atoms with Gasteiger partial charge in [0.05, 0.1) is 0 Å². The summed E-state index contributed by atoms with van der Waals surface area (Å²) in [7, 11) is 0. The lowest BCUT2D eigenvalue weighted by Crippen LogP contribution is -2.20. The maximum Gasteiger partial charge on any atom is 0.262 e. The number of aryl methyl sites for hydroxylation is 2. The third-order valence-corrected chi connectivity index (χ3v) is 3.25. The van der Waals surface area contributed by atoms with Crippen LogP contribution >= 0.6 is 0 Å². The van der Waals surface area contributed by atoms with E-state index in [9.17, 15) is 9.18 Å². The van der Waals surface area contributed by atoms with E-state index >= 15 is 0 Å². The molecule has 0 heterocycles. The molecule has 1 amide bonds. The van der Waals surface area contributed by atoms with Crippen molar-refractivity contribution in [1.82, 2.24) is 0 Å². The van der Waals surface area contributed by atoms with Crippen molar-refractivity contribution in [3.63, 3.8) is 0 Å². The van der Waals surface area contributed by atoms with Gasteiger partial charge in [0.15, 0.2) is 6.61 Å². The summed E-state index contributed by atoms with van der Waals surface area (Å²) >= 11 is 0. The van der Waals surface area contributed by atoms with E-state index in [4.69, 9.17) is 4.74 Å². The van der Waals surface area contributed by atoms with Crippen molar-refractivity contribution in [2.75, 3.05) is 11.9 Å². The van der Waals surface area contributed by atoms with Crippen LogP contribution in [-0.2, 0) is 4.79 Å². The summed E-state index contributed by atoms with van der Waals surface area (Å²) in [6.07, 6.45) is 0. The molecule has 0 atom stereocenters. The van der Waals surface area contributed by atoms with E-state index in [1.807, 2.05) is 26.8 Å². The molecular weight excluding hydrogens is 269 g/mol. The summed E-state index contributed by atoms with van der Waals surface area (Å²) < 4.78 is 18.3. The Balaban J connectivity index is 1.97. The quantitative estimate of drug-likeness (QED) is 0.929. The Morgan fingerprint density at radius 3 is 2.48 bits per heavy atom. The van der Waals surface area contributed by atoms with Gasteiger partial charge in [0.2, 0.25) is 0 Å². The van der Waals surface area contributed by atoms with E-state index in [1.54, 1.807) is 0 Å². The summed E-state index contributed by atoms with van der Waals surface area (Å²) in [6, 6.07) is 9.59. The molecule has 0 fully saturated rings. The van der Waals surface area contributed by atoms with E-state index in [-0.39, 0.29) is 18.3 Å². The Morgan fingerprint density at radius 2 is 1.81 bits per heavy atom. The number of ether oxygens (including phenoxy) is 1. The van der Waals surface area contributed by atoms with Crippen LogP contribution in [0.4, 0.5) is 10.1 Å². The van der Waals surface area contributed by atoms with Gasteiger partial charge in [-0.1, -0.05) is 6.07 Å². The lowest BCUT2D eigenvalue weighted by atomic mass is 10.1. The largest absolute Gasteiger partial charge is 0.483 e. The second-order valence-corrected chi connectivity index (χ2v) is 5.05. The van der Waals surface area contributed by atoms with Crippen molar-refractivity contribution < 1.29 is 13.9 Å². The van der Waals surface area contributed by atoms with E-state index in [2.05, 4.69) is 11.4 Å². The lowest BCUT2D eigenvalue weighted by Gasteiger charge is -2.12. The number of hydrogen-bond acceptors (Lipinski definition) is 2. The zero-order valence-electron chi connectivity index (χ0n) is 12.4. The van der Waals surface area contributed by atoms with Crippen molar-refractivity contribution in [1.29, 1.82) is 0 Å². The van der Waals surface area contributed by atoms with Gasteiger partial charge in [-0.15, -0.1) is 0 Å². The molecule has 0 aromatic heterocycles. The minimum Gasteiger partial charge on any atom is -0.483 e. The first-order chi connectivity index (χ1) is 9.95. The summed E-state index contributed by atoms with van der Waals surface area (Å²) in [5, 5.41) is 2.66. The number of anilines is 1. The van der Waals surface area contributed by atoms with Gasteiger partial charge in [-0.05, 0) is 67.8 Å². The molecule has 0 bridgehead atoms. The number of rotatable bonds is 4. The molecule has 1 N–H and O–H groups in total. The number of carbonyl (C=O) groups excluding carboxylic acids is 1. The minimum atomic E-state index is -0.338. The number of halogens is 1. The summed E-state index contributed by atoms with van der Waals surface area (Å²) in [6.45, 7) is 5.87. The SMILES string of the molecule is Cc1cc(C)c(C)c(OCC(=O)Nc2ccc(F)cc2)c1. The van der Waals surface area contributed by atoms with Crippen LogP contribution in [0.15, 0.2) is 36.4 Å². The molecule has 2 aromatic rings. The molecule has 0 saturated heterocycles. The first-order valence-electron chi connectivity index (χ1n) is 6.72. The predicted octanol–water partition coefficient (Wildman–Crippen LogP) is 3.77. The summed E-state index contributed by atoms with van der Waals surface area (Å²) in [5.41, 5.74) is 3.79. The van der Waals surface area contributed by atoms with Gasteiger partial charge in [-0.3, -0.25) is 4.79 Å². The standard InChI is InChI=1S/C17H18FNO2/c1-11-8-12(2)13(3)16(9-11)21-10-17(20)19-15-6-4-14(18)5-7-15/h4-9H,10H2,1-3H3,(H,19,20). The lowest BCUT2D eigenvalue weighted by molar-refractivity contribution is -0.118. The third-order valence-electron chi connectivity index (χ3n) is 3.25. The number of amides is 1. The fourth-order valence-corrected chi connectivity index (χ4v) is 2.02.